The van der Waals surface area contributed by atoms with Crippen molar-refractivity contribution in [2.75, 3.05) is 5.32 Å². The van der Waals surface area contributed by atoms with Gasteiger partial charge in [-0.15, -0.1) is 0 Å². The molecule has 0 bridgehead atoms. The zero-order valence-corrected chi connectivity index (χ0v) is 19.5. The fourth-order valence-electron chi connectivity index (χ4n) is 2.90. The number of carbonyl (C=O) groups excluding carboxylic acids is 1. The number of aromatic nitrogens is 1. The smallest absolute Gasteiger partial charge is 0.248 e. The van der Waals surface area contributed by atoms with E-state index < -0.39 is 0 Å². The van der Waals surface area contributed by atoms with Gasteiger partial charge in [-0.05, 0) is 53.2 Å². The molecule has 1 aromatic carbocycles. The lowest BCUT2D eigenvalue weighted by atomic mass is 9.78. The molecule has 0 radical (unpaired) electrons. The number of benzene rings is 1. The molecule has 1 amide bonds. The number of hydrogen-bond acceptors (Lipinski definition) is 3. The van der Waals surface area contributed by atoms with Crippen molar-refractivity contribution in [3.05, 3.63) is 56.8 Å². The molecule has 2 aromatic rings. The van der Waals surface area contributed by atoms with Crippen molar-refractivity contribution in [2.24, 2.45) is 0 Å². The molecule has 0 unspecified atom stereocenters. The Morgan fingerprint density at radius 2 is 1.52 bits per heavy atom. The number of phenolic OH excluding ortho intramolecular Hbond substituents is 1. The van der Waals surface area contributed by atoms with E-state index in [1.54, 1.807) is 19.1 Å². The highest BCUT2D eigenvalue weighted by Gasteiger charge is 2.26. The molecule has 1 aromatic heterocycles. The van der Waals surface area contributed by atoms with E-state index in [9.17, 15) is 9.90 Å². The van der Waals surface area contributed by atoms with Crippen molar-refractivity contribution in [1.29, 1.82) is 0 Å². The molecular weight excluding hydrogens is 407 g/mol. The zero-order chi connectivity index (χ0) is 22.1. The first-order chi connectivity index (χ1) is 13.2. The Morgan fingerprint density at radius 1 is 1.00 bits per heavy atom. The second-order valence-electron chi connectivity index (χ2n) is 9.22. The number of anilines is 1. The third-order valence-corrected chi connectivity index (χ3v) is 5.21. The maximum Gasteiger partial charge on any atom is 0.248 e. The van der Waals surface area contributed by atoms with Gasteiger partial charge in [0, 0.05) is 17.2 Å². The Kier molecular flexibility index (Phi) is 6.71. The van der Waals surface area contributed by atoms with Crippen LogP contribution >= 0.6 is 23.2 Å². The average Bonchev–Trinajstić information content (AvgIpc) is 2.56. The number of amides is 1. The van der Waals surface area contributed by atoms with Crippen LogP contribution in [-0.4, -0.2) is 16.0 Å². The van der Waals surface area contributed by atoms with Crippen LogP contribution in [0.4, 0.5) is 5.69 Å². The summed E-state index contributed by atoms with van der Waals surface area (Å²) in [7, 11) is 0. The molecule has 2 N–H and O–H groups in total. The second kappa shape index (κ2) is 8.37. The van der Waals surface area contributed by atoms with Gasteiger partial charge in [0.25, 0.3) is 0 Å². The minimum absolute atomic E-state index is 0.136. The van der Waals surface area contributed by atoms with Crippen molar-refractivity contribution in [1.82, 2.24) is 4.98 Å². The second-order valence-corrected chi connectivity index (χ2v) is 9.94. The van der Waals surface area contributed by atoms with Gasteiger partial charge in [-0.1, -0.05) is 64.7 Å². The third kappa shape index (κ3) is 5.74. The van der Waals surface area contributed by atoms with Crippen LogP contribution < -0.4 is 5.32 Å². The third-order valence-electron chi connectivity index (χ3n) is 4.54. The fraction of sp³-hybridized carbons (Fsp3) is 0.391. The van der Waals surface area contributed by atoms with E-state index in [1.807, 2.05) is 53.7 Å². The summed E-state index contributed by atoms with van der Waals surface area (Å²) >= 11 is 12.0. The van der Waals surface area contributed by atoms with Gasteiger partial charge in [0.2, 0.25) is 5.91 Å². The van der Waals surface area contributed by atoms with Crippen LogP contribution in [0.1, 0.15) is 63.8 Å². The van der Waals surface area contributed by atoms with Crippen LogP contribution in [0, 0.1) is 6.92 Å². The number of pyridine rings is 1. The summed E-state index contributed by atoms with van der Waals surface area (Å²) in [6.07, 6.45) is 3.16. The highest BCUT2D eigenvalue weighted by atomic mass is 35.5. The number of nitrogens with zero attached hydrogens (tertiary/aromatic N) is 1. The normalized spacial score (nSPS) is 12.4. The Bertz CT molecular complexity index is 933. The van der Waals surface area contributed by atoms with E-state index >= 15 is 0 Å². The van der Waals surface area contributed by atoms with Crippen molar-refractivity contribution < 1.29 is 9.90 Å². The topological polar surface area (TPSA) is 62.2 Å². The van der Waals surface area contributed by atoms with Crippen LogP contribution in [-0.2, 0) is 15.6 Å². The number of phenols is 1. The highest BCUT2D eigenvalue weighted by Crippen LogP contribution is 2.40. The lowest BCUT2D eigenvalue weighted by molar-refractivity contribution is -0.111. The fourth-order valence-corrected chi connectivity index (χ4v) is 3.27. The lowest BCUT2D eigenvalue weighted by Crippen LogP contribution is -2.17. The van der Waals surface area contributed by atoms with Gasteiger partial charge in [0.1, 0.15) is 10.9 Å². The Hall–Kier alpha value is -2.04. The molecule has 1 heterocycles. The Labute approximate surface area is 183 Å². The summed E-state index contributed by atoms with van der Waals surface area (Å²) in [4.78, 5) is 16.4. The number of halogens is 2. The summed E-state index contributed by atoms with van der Waals surface area (Å²) < 4.78 is 0. The summed E-state index contributed by atoms with van der Waals surface area (Å²) in [5.41, 5.74) is 3.16. The first-order valence-electron chi connectivity index (χ1n) is 9.40. The maximum absolute atomic E-state index is 12.4. The van der Waals surface area contributed by atoms with Crippen LogP contribution in [0.3, 0.4) is 0 Å². The number of aryl methyl sites for hydroxylation is 1. The molecule has 0 fully saturated rings. The number of hydrogen-bond donors (Lipinski definition) is 2. The minimum Gasteiger partial charge on any atom is -0.507 e. The van der Waals surface area contributed by atoms with E-state index in [0.717, 1.165) is 22.3 Å². The number of carbonyl (C=O) groups is 1. The first-order valence-corrected chi connectivity index (χ1v) is 10.2. The van der Waals surface area contributed by atoms with Crippen molar-refractivity contribution in [3.63, 3.8) is 0 Å². The Balaban J connectivity index is 2.37. The standard InChI is InChI=1S/C23H28Cl2N2O2/c1-13-10-17(21(25)27-20(13)24)26-18(28)9-8-14-11-15(22(2,3)4)19(29)16(12-14)23(5,6)7/h8-12,29H,1-7H3,(H,26,28)/b9-8+. The van der Waals surface area contributed by atoms with Gasteiger partial charge in [0.15, 0.2) is 5.15 Å². The van der Waals surface area contributed by atoms with Gasteiger partial charge >= 0.3 is 0 Å². The molecule has 29 heavy (non-hydrogen) atoms. The van der Waals surface area contributed by atoms with Crippen molar-refractivity contribution >= 4 is 40.9 Å². The summed E-state index contributed by atoms with van der Waals surface area (Å²) in [6.45, 7) is 14.1. The zero-order valence-electron chi connectivity index (χ0n) is 17.9. The van der Waals surface area contributed by atoms with E-state index in [-0.39, 0.29) is 21.9 Å². The summed E-state index contributed by atoms with van der Waals surface area (Å²) in [5, 5.41) is 14.0. The molecule has 4 nitrogen and oxygen atoms in total. The summed E-state index contributed by atoms with van der Waals surface area (Å²) in [6, 6.07) is 5.50. The van der Waals surface area contributed by atoms with Gasteiger partial charge in [-0.25, -0.2) is 4.98 Å². The first kappa shape index (κ1) is 23.2. The molecule has 0 saturated carbocycles. The summed E-state index contributed by atoms with van der Waals surface area (Å²) in [5.74, 6) is -0.0285. The van der Waals surface area contributed by atoms with Gasteiger partial charge in [-0.2, -0.15) is 0 Å². The van der Waals surface area contributed by atoms with E-state index in [4.69, 9.17) is 23.2 Å². The minimum atomic E-state index is -0.335. The number of rotatable bonds is 3. The number of nitrogens with one attached hydrogen (secondary N) is 1. The molecule has 156 valence electrons. The van der Waals surface area contributed by atoms with Gasteiger partial charge in [-0.3, -0.25) is 4.79 Å². The lowest BCUT2D eigenvalue weighted by Gasteiger charge is -2.27. The van der Waals surface area contributed by atoms with Crippen molar-refractivity contribution in [2.45, 2.75) is 59.3 Å². The molecule has 0 spiro atoms. The maximum atomic E-state index is 12.4. The number of aromatic hydroxyl groups is 1. The quantitative estimate of drug-likeness (QED) is 0.419. The van der Waals surface area contributed by atoms with Crippen LogP contribution in [0.25, 0.3) is 6.08 Å². The largest absolute Gasteiger partial charge is 0.507 e. The molecule has 2 rings (SSSR count). The predicted molar refractivity (Wildman–Crippen MR) is 122 cm³/mol. The predicted octanol–water partition coefficient (Wildman–Crippen LogP) is 6.65. The molecule has 0 atom stereocenters. The molecule has 0 aliphatic carbocycles. The van der Waals surface area contributed by atoms with Crippen molar-refractivity contribution in [3.8, 4) is 5.75 Å². The molecule has 0 aliphatic rings. The SMILES string of the molecule is Cc1cc(NC(=O)/C=C/c2cc(C(C)(C)C)c(O)c(C(C)(C)C)c2)c(Cl)nc1Cl. The molecule has 0 saturated heterocycles. The van der Waals surface area contributed by atoms with Crippen LogP contribution in [0.2, 0.25) is 10.3 Å². The highest BCUT2D eigenvalue weighted by molar-refractivity contribution is 6.35. The van der Waals surface area contributed by atoms with Gasteiger partial charge in [0.05, 0.1) is 5.69 Å². The van der Waals surface area contributed by atoms with Gasteiger partial charge < -0.3 is 10.4 Å². The van der Waals surface area contributed by atoms with E-state index in [1.165, 1.54) is 6.08 Å². The Morgan fingerprint density at radius 3 is 2.00 bits per heavy atom. The monoisotopic (exact) mass is 434 g/mol. The van der Waals surface area contributed by atoms with E-state index in [2.05, 4.69) is 10.3 Å². The molecule has 0 aliphatic heterocycles. The average molecular weight is 435 g/mol. The van der Waals surface area contributed by atoms with E-state index in [0.29, 0.717) is 16.6 Å². The molecule has 6 heteroatoms. The van der Waals surface area contributed by atoms with Crippen LogP contribution in [0.5, 0.6) is 5.75 Å². The van der Waals surface area contributed by atoms with Crippen LogP contribution in [0.15, 0.2) is 24.3 Å². The molecular formula is C23H28Cl2N2O2.